The van der Waals surface area contributed by atoms with Gasteiger partial charge in [-0.15, -0.1) is 0 Å². The van der Waals surface area contributed by atoms with Crippen molar-refractivity contribution in [3.05, 3.63) is 54.6 Å². The number of nitrogens with one attached hydrogen (secondary N) is 1. The second-order valence-electron chi connectivity index (χ2n) is 4.75. The number of carbonyl (C=O) groups is 1. The first-order valence-corrected chi connectivity index (χ1v) is 7.42. The Hall–Kier alpha value is -2.61. The summed E-state index contributed by atoms with van der Waals surface area (Å²) in [5.41, 5.74) is 1.48. The van der Waals surface area contributed by atoms with E-state index < -0.39 is 5.82 Å². The molecular weight excluding hydrogens is 319 g/mol. The molecule has 0 aliphatic carbocycles. The molecule has 6 nitrogen and oxygen atoms in total. The third-order valence-electron chi connectivity index (χ3n) is 3.19. The fraction of sp³-hybridized carbons (Fsp3) is 0.133. The van der Waals surface area contributed by atoms with Crippen molar-refractivity contribution in [3.8, 4) is 16.9 Å². The number of hydrogen-bond donors (Lipinski definition) is 2. The van der Waals surface area contributed by atoms with Gasteiger partial charge in [0.25, 0.3) is 0 Å². The molecule has 0 unspecified atom stereocenters. The van der Waals surface area contributed by atoms with Crippen molar-refractivity contribution in [2.24, 2.45) is 0 Å². The van der Waals surface area contributed by atoms with Crippen LogP contribution >= 0.6 is 12.6 Å². The molecule has 0 saturated carbocycles. The van der Waals surface area contributed by atoms with Crippen LogP contribution in [0, 0.1) is 5.82 Å². The van der Waals surface area contributed by atoms with Crippen LogP contribution in [0.1, 0.15) is 5.76 Å². The Kier molecular flexibility index (Phi) is 4.42. The summed E-state index contributed by atoms with van der Waals surface area (Å²) in [6.07, 6.45) is 4.77. The van der Waals surface area contributed by atoms with E-state index in [2.05, 4.69) is 28.1 Å². The zero-order chi connectivity index (χ0) is 16.2. The first-order chi connectivity index (χ1) is 11.2. The molecule has 1 N–H and O–H groups in total. The number of hydrogen-bond acceptors (Lipinski definition) is 5. The van der Waals surface area contributed by atoms with E-state index in [0.717, 1.165) is 0 Å². The predicted molar refractivity (Wildman–Crippen MR) is 84.7 cm³/mol. The minimum atomic E-state index is -0.395. The number of imidazole rings is 1. The van der Waals surface area contributed by atoms with Crippen LogP contribution in [-0.2, 0) is 11.3 Å². The largest absolute Gasteiger partial charge is 0.359 e. The Morgan fingerprint density at radius 3 is 2.96 bits per heavy atom. The van der Waals surface area contributed by atoms with Crippen LogP contribution in [0.2, 0.25) is 0 Å². The van der Waals surface area contributed by atoms with Crippen molar-refractivity contribution in [3.63, 3.8) is 0 Å². The van der Waals surface area contributed by atoms with E-state index >= 15 is 0 Å². The zero-order valence-corrected chi connectivity index (χ0v) is 12.8. The first kappa shape index (κ1) is 15.3. The summed E-state index contributed by atoms with van der Waals surface area (Å²) in [5.74, 6) is -0.0216. The van der Waals surface area contributed by atoms with Crippen molar-refractivity contribution in [2.75, 3.05) is 5.75 Å². The Morgan fingerprint density at radius 2 is 2.26 bits per heavy atom. The van der Waals surface area contributed by atoms with E-state index in [-0.39, 0.29) is 18.2 Å². The molecule has 0 spiro atoms. The van der Waals surface area contributed by atoms with E-state index in [4.69, 9.17) is 4.52 Å². The van der Waals surface area contributed by atoms with Crippen LogP contribution in [0.15, 0.2) is 47.5 Å². The maximum atomic E-state index is 14.2. The fourth-order valence-corrected chi connectivity index (χ4v) is 2.16. The summed E-state index contributed by atoms with van der Waals surface area (Å²) >= 11 is 3.86. The number of thiol groups is 1. The van der Waals surface area contributed by atoms with Gasteiger partial charge in [0.05, 0.1) is 24.3 Å². The normalized spacial score (nSPS) is 10.7. The van der Waals surface area contributed by atoms with Gasteiger partial charge in [-0.25, -0.2) is 9.37 Å². The molecule has 3 aromatic rings. The molecule has 0 fully saturated rings. The second kappa shape index (κ2) is 6.66. The molecule has 0 saturated heterocycles. The Bertz CT molecular complexity index is 817. The summed E-state index contributed by atoms with van der Waals surface area (Å²) < 4.78 is 20.9. The van der Waals surface area contributed by atoms with Crippen LogP contribution < -0.4 is 5.32 Å². The highest BCUT2D eigenvalue weighted by Gasteiger charge is 2.11. The molecule has 1 amide bonds. The van der Waals surface area contributed by atoms with Gasteiger partial charge in [0.2, 0.25) is 5.91 Å². The lowest BCUT2D eigenvalue weighted by atomic mass is 10.1. The van der Waals surface area contributed by atoms with Crippen LogP contribution in [0.4, 0.5) is 4.39 Å². The summed E-state index contributed by atoms with van der Waals surface area (Å²) in [5, 5.41) is 6.51. The number of rotatable bonds is 5. The van der Waals surface area contributed by atoms with E-state index in [1.54, 1.807) is 35.2 Å². The third-order valence-corrected chi connectivity index (χ3v) is 3.48. The average molecular weight is 332 g/mol. The number of nitrogens with zero attached hydrogens (tertiary/aromatic N) is 3. The van der Waals surface area contributed by atoms with Crippen molar-refractivity contribution in [1.82, 2.24) is 20.0 Å². The van der Waals surface area contributed by atoms with E-state index in [0.29, 0.717) is 22.7 Å². The highest BCUT2D eigenvalue weighted by molar-refractivity contribution is 7.81. The SMILES string of the molecule is O=C(CS)NCc1cc(-c2ccc(-n3ccnc3)c(F)c2)no1. The fourth-order valence-electron chi connectivity index (χ4n) is 2.05. The lowest BCUT2D eigenvalue weighted by Crippen LogP contribution is -2.23. The maximum Gasteiger partial charge on any atom is 0.230 e. The third kappa shape index (κ3) is 3.42. The number of halogens is 1. The zero-order valence-electron chi connectivity index (χ0n) is 11.9. The maximum absolute atomic E-state index is 14.2. The molecule has 0 atom stereocenters. The average Bonchev–Trinajstić information content (AvgIpc) is 3.24. The van der Waals surface area contributed by atoms with Gasteiger partial charge in [0.1, 0.15) is 11.5 Å². The van der Waals surface area contributed by atoms with Gasteiger partial charge in [-0.2, -0.15) is 12.6 Å². The number of benzene rings is 1. The van der Waals surface area contributed by atoms with E-state index in [1.165, 1.54) is 12.4 Å². The smallest absolute Gasteiger partial charge is 0.230 e. The monoisotopic (exact) mass is 332 g/mol. The van der Waals surface area contributed by atoms with Gasteiger partial charge in [-0.1, -0.05) is 11.2 Å². The summed E-state index contributed by atoms with van der Waals surface area (Å²) in [6.45, 7) is 0.210. The number of aromatic nitrogens is 3. The van der Waals surface area contributed by atoms with Crippen LogP contribution in [-0.4, -0.2) is 26.4 Å². The van der Waals surface area contributed by atoms with Crippen molar-refractivity contribution >= 4 is 18.5 Å². The van der Waals surface area contributed by atoms with Gasteiger partial charge in [0, 0.05) is 24.0 Å². The quantitative estimate of drug-likeness (QED) is 0.703. The van der Waals surface area contributed by atoms with E-state index in [1.807, 2.05) is 0 Å². The first-order valence-electron chi connectivity index (χ1n) is 6.79. The minimum absolute atomic E-state index is 0.0991. The highest BCUT2D eigenvalue weighted by atomic mass is 32.1. The second-order valence-corrected chi connectivity index (χ2v) is 5.07. The predicted octanol–water partition coefficient (Wildman–Crippen LogP) is 2.21. The van der Waals surface area contributed by atoms with Crippen molar-refractivity contribution < 1.29 is 13.7 Å². The lowest BCUT2D eigenvalue weighted by Gasteiger charge is -2.05. The molecule has 2 heterocycles. The van der Waals surface area contributed by atoms with Gasteiger partial charge in [-0.05, 0) is 12.1 Å². The summed E-state index contributed by atoms with van der Waals surface area (Å²) in [7, 11) is 0. The highest BCUT2D eigenvalue weighted by Crippen LogP contribution is 2.23. The van der Waals surface area contributed by atoms with Crippen LogP contribution in [0.3, 0.4) is 0 Å². The molecule has 3 rings (SSSR count). The van der Waals surface area contributed by atoms with Crippen molar-refractivity contribution in [1.29, 1.82) is 0 Å². The molecule has 0 radical (unpaired) electrons. The molecule has 118 valence electrons. The Labute approximate surface area is 136 Å². The molecule has 23 heavy (non-hydrogen) atoms. The molecule has 1 aromatic carbocycles. The minimum Gasteiger partial charge on any atom is -0.359 e. The van der Waals surface area contributed by atoms with Crippen molar-refractivity contribution in [2.45, 2.75) is 6.54 Å². The number of carbonyl (C=O) groups excluding carboxylic acids is 1. The van der Waals surface area contributed by atoms with Crippen LogP contribution in [0.5, 0.6) is 0 Å². The molecule has 0 bridgehead atoms. The van der Waals surface area contributed by atoms with Gasteiger partial charge < -0.3 is 14.4 Å². The molecular formula is C15H13FN4O2S. The summed E-state index contributed by atoms with van der Waals surface area (Å²) in [6, 6.07) is 6.42. The topological polar surface area (TPSA) is 73.0 Å². The van der Waals surface area contributed by atoms with Crippen LogP contribution in [0.25, 0.3) is 16.9 Å². The van der Waals surface area contributed by atoms with Gasteiger partial charge in [-0.3, -0.25) is 4.79 Å². The number of amides is 1. The lowest BCUT2D eigenvalue weighted by molar-refractivity contribution is -0.118. The van der Waals surface area contributed by atoms with E-state index in [9.17, 15) is 9.18 Å². The molecule has 2 aromatic heterocycles. The Balaban J connectivity index is 1.79. The van der Waals surface area contributed by atoms with Gasteiger partial charge in [0.15, 0.2) is 5.76 Å². The van der Waals surface area contributed by atoms with Gasteiger partial charge >= 0.3 is 0 Å². The Morgan fingerprint density at radius 1 is 1.39 bits per heavy atom. The molecule has 0 aliphatic rings. The molecule has 0 aliphatic heterocycles. The molecule has 8 heteroatoms. The summed E-state index contributed by atoms with van der Waals surface area (Å²) in [4.78, 5) is 15.0. The standard InChI is InChI=1S/C15H13FN4O2S/c16-12-5-10(1-2-14(12)20-4-3-17-9-20)13-6-11(22-19-13)7-18-15(21)8-23/h1-6,9,23H,7-8H2,(H,18,21).